The predicted molar refractivity (Wildman–Crippen MR) is 81.2 cm³/mol. The molecule has 2 heterocycles. The molecule has 8 heteroatoms. The van der Waals surface area contributed by atoms with Gasteiger partial charge in [0.25, 0.3) is 10.0 Å². The zero-order valence-electron chi connectivity index (χ0n) is 11.5. The van der Waals surface area contributed by atoms with Crippen molar-refractivity contribution >= 4 is 27.4 Å². The first-order valence-corrected chi connectivity index (χ1v) is 8.42. The Balaban J connectivity index is 1.95. The molecular weight excluding hydrogens is 292 g/mol. The van der Waals surface area contributed by atoms with Crippen molar-refractivity contribution in [2.24, 2.45) is 4.99 Å². The van der Waals surface area contributed by atoms with Gasteiger partial charge in [0.15, 0.2) is 0 Å². The highest BCUT2D eigenvalue weighted by molar-refractivity contribution is 7.90. The molecule has 1 saturated heterocycles. The van der Waals surface area contributed by atoms with Crippen LogP contribution >= 0.6 is 0 Å². The van der Waals surface area contributed by atoms with E-state index in [1.807, 2.05) is 6.07 Å². The highest BCUT2D eigenvalue weighted by Gasteiger charge is 2.27. The number of guanidine groups is 1. The average molecular weight is 310 g/mol. The Bertz CT molecular complexity index is 666. The van der Waals surface area contributed by atoms with Gasteiger partial charge in [-0.15, -0.1) is 0 Å². The number of nitrogens with one attached hydrogen (secondary N) is 2. The van der Waals surface area contributed by atoms with Gasteiger partial charge in [-0.05, 0) is 31.0 Å². The molecule has 0 aliphatic carbocycles. The molecule has 2 aliphatic heterocycles. The lowest BCUT2D eigenvalue weighted by Gasteiger charge is -2.24. The molecule has 114 valence electrons. The molecule has 3 rings (SSSR count). The van der Waals surface area contributed by atoms with Gasteiger partial charge >= 0.3 is 0 Å². The maximum absolute atomic E-state index is 12.3. The Morgan fingerprint density at radius 1 is 1.29 bits per heavy atom. The largest absolute Gasteiger partial charge is 0.394 e. The summed E-state index contributed by atoms with van der Waals surface area (Å²) in [5.74, 6) is 0.144. The fraction of sp³-hybridized carbons (Fsp3) is 0.462. The number of aliphatic imine (C=N–C) groups is 1. The summed E-state index contributed by atoms with van der Waals surface area (Å²) < 4.78 is 27.0. The van der Waals surface area contributed by atoms with Gasteiger partial charge in [0.1, 0.15) is 4.90 Å². The number of rotatable bonds is 3. The SMILES string of the molecule is O=S1(=O)NC(=NCCO)Nc2ccc(N3CCCC3)cc21. The van der Waals surface area contributed by atoms with Gasteiger partial charge in [-0.2, -0.15) is 0 Å². The molecule has 2 aliphatic rings. The molecule has 0 saturated carbocycles. The fourth-order valence-corrected chi connectivity index (χ4v) is 3.74. The van der Waals surface area contributed by atoms with Crippen molar-refractivity contribution in [2.75, 3.05) is 36.5 Å². The minimum atomic E-state index is -3.63. The van der Waals surface area contributed by atoms with E-state index in [4.69, 9.17) is 5.11 Å². The van der Waals surface area contributed by atoms with Gasteiger partial charge in [-0.25, -0.2) is 18.1 Å². The zero-order valence-corrected chi connectivity index (χ0v) is 12.4. The van der Waals surface area contributed by atoms with Crippen LogP contribution in [-0.2, 0) is 10.0 Å². The molecule has 7 nitrogen and oxygen atoms in total. The monoisotopic (exact) mass is 310 g/mol. The minimum absolute atomic E-state index is 0.131. The van der Waals surface area contributed by atoms with Gasteiger partial charge < -0.3 is 15.3 Å². The maximum Gasteiger partial charge on any atom is 0.266 e. The number of anilines is 2. The van der Waals surface area contributed by atoms with Gasteiger partial charge in [-0.3, -0.25) is 0 Å². The first kappa shape index (κ1) is 14.2. The lowest BCUT2D eigenvalue weighted by atomic mass is 10.2. The summed E-state index contributed by atoms with van der Waals surface area (Å²) in [6, 6.07) is 5.37. The molecule has 0 spiro atoms. The third-order valence-electron chi connectivity index (χ3n) is 3.58. The Labute approximate surface area is 123 Å². The second-order valence-electron chi connectivity index (χ2n) is 5.06. The summed E-state index contributed by atoms with van der Waals surface area (Å²) >= 11 is 0. The van der Waals surface area contributed by atoms with Crippen molar-refractivity contribution in [1.29, 1.82) is 0 Å². The summed E-state index contributed by atoms with van der Waals surface area (Å²) in [7, 11) is -3.63. The highest BCUT2D eigenvalue weighted by Crippen LogP contribution is 2.30. The smallest absolute Gasteiger partial charge is 0.266 e. The number of aliphatic hydroxyl groups is 1. The topological polar surface area (TPSA) is 94.0 Å². The molecule has 0 aromatic heterocycles. The van der Waals surface area contributed by atoms with E-state index in [9.17, 15) is 8.42 Å². The van der Waals surface area contributed by atoms with Crippen LogP contribution in [0.25, 0.3) is 0 Å². The van der Waals surface area contributed by atoms with Gasteiger partial charge in [0, 0.05) is 18.8 Å². The van der Waals surface area contributed by atoms with Gasteiger partial charge in [0.2, 0.25) is 5.96 Å². The van der Waals surface area contributed by atoms with Crippen molar-refractivity contribution in [3.8, 4) is 0 Å². The number of benzene rings is 1. The normalized spacial score (nSPS) is 21.8. The number of hydrogen-bond acceptors (Lipinski definition) is 5. The summed E-state index contributed by atoms with van der Waals surface area (Å²) in [6.45, 7) is 1.94. The molecule has 0 atom stereocenters. The highest BCUT2D eigenvalue weighted by atomic mass is 32.2. The zero-order chi connectivity index (χ0) is 14.9. The molecule has 0 radical (unpaired) electrons. The minimum Gasteiger partial charge on any atom is -0.394 e. The van der Waals surface area contributed by atoms with E-state index < -0.39 is 10.0 Å². The second-order valence-corrected chi connectivity index (χ2v) is 6.71. The lowest BCUT2D eigenvalue weighted by molar-refractivity contribution is 0.307. The van der Waals surface area contributed by atoms with E-state index in [0.29, 0.717) is 5.69 Å². The lowest BCUT2D eigenvalue weighted by Crippen LogP contribution is -2.41. The first-order valence-electron chi connectivity index (χ1n) is 6.94. The number of aliphatic hydroxyl groups excluding tert-OH is 1. The first-order chi connectivity index (χ1) is 10.1. The summed E-state index contributed by atoms with van der Waals surface area (Å²) in [6.07, 6.45) is 2.27. The Morgan fingerprint density at radius 3 is 2.76 bits per heavy atom. The molecule has 1 aromatic rings. The Morgan fingerprint density at radius 2 is 2.05 bits per heavy atom. The van der Waals surface area contributed by atoms with Crippen molar-refractivity contribution in [1.82, 2.24) is 4.72 Å². The molecule has 1 aromatic carbocycles. The summed E-state index contributed by atoms with van der Waals surface area (Å²) in [4.78, 5) is 6.37. The van der Waals surface area contributed by atoms with Crippen LogP contribution in [0.15, 0.2) is 28.1 Å². The number of nitrogens with zero attached hydrogens (tertiary/aromatic N) is 2. The van der Waals surface area contributed by atoms with E-state index >= 15 is 0 Å². The Hall–Kier alpha value is -1.80. The van der Waals surface area contributed by atoms with Crippen LogP contribution < -0.4 is 14.9 Å². The van der Waals surface area contributed by atoms with Crippen LogP contribution in [0.4, 0.5) is 11.4 Å². The summed E-state index contributed by atoms with van der Waals surface area (Å²) in [5.41, 5.74) is 1.43. The number of hydrogen-bond donors (Lipinski definition) is 3. The van der Waals surface area contributed by atoms with Crippen molar-refractivity contribution in [3.63, 3.8) is 0 Å². The molecule has 0 bridgehead atoms. The van der Waals surface area contributed by atoms with Crippen molar-refractivity contribution < 1.29 is 13.5 Å². The van der Waals surface area contributed by atoms with Crippen molar-refractivity contribution in [3.05, 3.63) is 18.2 Å². The van der Waals surface area contributed by atoms with Crippen LogP contribution in [0.5, 0.6) is 0 Å². The quantitative estimate of drug-likeness (QED) is 0.748. The van der Waals surface area contributed by atoms with Gasteiger partial charge in [-0.1, -0.05) is 0 Å². The molecule has 0 unspecified atom stereocenters. The molecule has 3 N–H and O–H groups in total. The van der Waals surface area contributed by atoms with E-state index in [-0.39, 0.29) is 24.0 Å². The average Bonchev–Trinajstić information content (AvgIpc) is 2.98. The van der Waals surface area contributed by atoms with Crippen molar-refractivity contribution in [2.45, 2.75) is 17.7 Å². The molecule has 1 fully saturated rings. The van der Waals surface area contributed by atoms with Crippen LogP contribution in [-0.4, -0.2) is 45.7 Å². The fourth-order valence-electron chi connectivity index (χ4n) is 2.58. The third-order valence-corrected chi connectivity index (χ3v) is 4.96. The molecule has 0 amide bonds. The molecule has 21 heavy (non-hydrogen) atoms. The molecular formula is C13H18N4O3S. The van der Waals surface area contributed by atoms with Gasteiger partial charge in [0.05, 0.1) is 18.8 Å². The standard InChI is InChI=1S/C13H18N4O3S/c18-8-5-14-13-15-11-4-3-10(17-6-1-2-7-17)9-12(11)21(19,20)16-13/h3-4,9,18H,1-2,5-8H2,(H2,14,15,16). The van der Waals surface area contributed by atoms with E-state index in [2.05, 4.69) is 19.9 Å². The number of fused-ring (bicyclic) bond motifs is 1. The van der Waals surface area contributed by atoms with E-state index in [1.165, 1.54) is 0 Å². The summed E-state index contributed by atoms with van der Waals surface area (Å²) in [5, 5.41) is 11.7. The predicted octanol–water partition coefficient (Wildman–Crippen LogP) is 0.339. The van der Waals surface area contributed by atoms with Crippen LogP contribution in [0.2, 0.25) is 0 Å². The van der Waals surface area contributed by atoms with E-state index in [0.717, 1.165) is 31.6 Å². The van der Waals surface area contributed by atoms with E-state index in [1.54, 1.807) is 12.1 Å². The van der Waals surface area contributed by atoms with Crippen LogP contribution in [0.3, 0.4) is 0 Å². The Kier molecular flexibility index (Phi) is 3.73. The second kappa shape index (κ2) is 5.53. The van der Waals surface area contributed by atoms with Crippen LogP contribution in [0, 0.1) is 0 Å². The third kappa shape index (κ3) is 2.81. The maximum atomic E-state index is 12.3. The number of sulfonamides is 1. The van der Waals surface area contributed by atoms with Crippen LogP contribution in [0.1, 0.15) is 12.8 Å².